The molecule has 1 aliphatic heterocycles. The number of H-pyrrole nitrogens is 1. The summed E-state index contributed by atoms with van der Waals surface area (Å²) in [6, 6.07) is 10.7. The topological polar surface area (TPSA) is 95.9 Å². The van der Waals surface area contributed by atoms with Crippen LogP contribution in [0.25, 0.3) is 11.0 Å². The Morgan fingerprint density at radius 2 is 2.00 bits per heavy atom. The molecule has 1 saturated heterocycles. The molecular weight excluding hydrogens is 352 g/mol. The van der Waals surface area contributed by atoms with Crippen LogP contribution in [-0.4, -0.2) is 50.3 Å². The van der Waals surface area contributed by atoms with Crippen molar-refractivity contribution in [1.29, 1.82) is 0 Å². The summed E-state index contributed by atoms with van der Waals surface area (Å²) in [7, 11) is 0. The number of nitrogens with zero attached hydrogens (tertiary/aromatic N) is 4. The summed E-state index contributed by atoms with van der Waals surface area (Å²) in [5.41, 5.74) is 1.30. The number of benzene rings is 1. The molecule has 1 aliphatic rings. The standard InChI is InChI=1S/C17H18N6O2S/c24-15(20-17-18-12-3-1-2-4-13(12)19-17)11-23-16(25)6-5-14(21-23)22-7-9-26-10-8-22/h1-6H,7-11H2,(H2,18,19,20,24). The first-order valence-electron chi connectivity index (χ1n) is 8.34. The number of hydrogen-bond acceptors (Lipinski definition) is 6. The third kappa shape index (κ3) is 3.57. The van der Waals surface area contributed by atoms with E-state index in [1.165, 1.54) is 10.7 Å². The van der Waals surface area contributed by atoms with Gasteiger partial charge in [-0.2, -0.15) is 16.9 Å². The summed E-state index contributed by atoms with van der Waals surface area (Å²) < 4.78 is 1.19. The van der Waals surface area contributed by atoms with Gasteiger partial charge in [-0.15, -0.1) is 0 Å². The molecule has 0 atom stereocenters. The zero-order chi connectivity index (χ0) is 17.9. The minimum Gasteiger partial charge on any atom is -0.354 e. The number of thioether (sulfide) groups is 1. The van der Waals surface area contributed by atoms with Crippen LogP contribution in [0.2, 0.25) is 0 Å². The first kappa shape index (κ1) is 16.6. The average molecular weight is 370 g/mol. The summed E-state index contributed by atoms with van der Waals surface area (Å²) in [6.07, 6.45) is 0. The van der Waals surface area contributed by atoms with Crippen LogP contribution in [-0.2, 0) is 11.3 Å². The van der Waals surface area contributed by atoms with E-state index >= 15 is 0 Å². The number of aromatic nitrogens is 4. The molecule has 1 amide bonds. The molecule has 0 saturated carbocycles. The largest absolute Gasteiger partial charge is 0.354 e. The van der Waals surface area contributed by atoms with E-state index in [-0.39, 0.29) is 18.0 Å². The zero-order valence-corrected chi connectivity index (χ0v) is 14.8. The van der Waals surface area contributed by atoms with E-state index < -0.39 is 0 Å². The molecule has 0 bridgehead atoms. The van der Waals surface area contributed by atoms with Gasteiger partial charge in [-0.05, 0) is 18.2 Å². The number of rotatable bonds is 4. The number of para-hydroxylation sites is 2. The summed E-state index contributed by atoms with van der Waals surface area (Å²) in [6.45, 7) is 1.62. The quantitative estimate of drug-likeness (QED) is 0.719. The number of amides is 1. The maximum atomic E-state index is 12.3. The maximum absolute atomic E-state index is 12.3. The number of nitrogens with one attached hydrogen (secondary N) is 2. The van der Waals surface area contributed by atoms with Crippen molar-refractivity contribution in [2.45, 2.75) is 6.54 Å². The fraction of sp³-hybridized carbons (Fsp3) is 0.294. The number of fused-ring (bicyclic) bond motifs is 1. The molecule has 1 aromatic carbocycles. The third-order valence-electron chi connectivity index (χ3n) is 4.13. The molecule has 134 valence electrons. The Bertz CT molecular complexity index is 959. The molecule has 0 radical (unpaired) electrons. The fourth-order valence-corrected chi connectivity index (χ4v) is 3.74. The summed E-state index contributed by atoms with van der Waals surface area (Å²) in [4.78, 5) is 33.8. The van der Waals surface area contributed by atoms with Crippen LogP contribution in [0.3, 0.4) is 0 Å². The second-order valence-electron chi connectivity index (χ2n) is 5.94. The molecule has 0 spiro atoms. The van der Waals surface area contributed by atoms with Crippen LogP contribution in [0.1, 0.15) is 0 Å². The van der Waals surface area contributed by atoms with E-state index in [0.29, 0.717) is 5.95 Å². The lowest BCUT2D eigenvalue weighted by molar-refractivity contribution is -0.117. The van der Waals surface area contributed by atoms with Crippen LogP contribution < -0.4 is 15.8 Å². The van der Waals surface area contributed by atoms with Gasteiger partial charge in [-0.1, -0.05) is 12.1 Å². The number of carbonyl (C=O) groups is 1. The highest BCUT2D eigenvalue weighted by molar-refractivity contribution is 7.99. The Kier molecular flexibility index (Phi) is 4.61. The number of aromatic amines is 1. The van der Waals surface area contributed by atoms with Gasteiger partial charge >= 0.3 is 0 Å². The number of imidazole rings is 1. The van der Waals surface area contributed by atoms with E-state index in [1.807, 2.05) is 36.0 Å². The maximum Gasteiger partial charge on any atom is 0.267 e. The molecular formula is C17H18N6O2S. The van der Waals surface area contributed by atoms with Crippen LogP contribution in [0, 0.1) is 0 Å². The Morgan fingerprint density at radius 3 is 2.81 bits per heavy atom. The van der Waals surface area contributed by atoms with Crippen molar-refractivity contribution in [2.24, 2.45) is 0 Å². The lowest BCUT2D eigenvalue weighted by Crippen LogP contribution is -2.36. The highest BCUT2D eigenvalue weighted by atomic mass is 32.2. The normalized spacial score (nSPS) is 14.5. The number of anilines is 2. The average Bonchev–Trinajstić information content (AvgIpc) is 3.06. The van der Waals surface area contributed by atoms with Gasteiger partial charge in [0.05, 0.1) is 11.0 Å². The van der Waals surface area contributed by atoms with Crippen molar-refractivity contribution in [1.82, 2.24) is 19.7 Å². The summed E-state index contributed by atoms with van der Waals surface area (Å²) in [5.74, 6) is 2.79. The minimum absolute atomic E-state index is 0.160. The third-order valence-corrected chi connectivity index (χ3v) is 5.07. The van der Waals surface area contributed by atoms with Gasteiger partial charge in [-0.3, -0.25) is 14.9 Å². The molecule has 2 aromatic heterocycles. The van der Waals surface area contributed by atoms with Crippen LogP contribution in [0.4, 0.5) is 11.8 Å². The van der Waals surface area contributed by atoms with Crippen LogP contribution >= 0.6 is 11.8 Å². The highest BCUT2D eigenvalue weighted by Gasteiger charge is 2.15. The molecule has 3 aromatic rings. The van der Waals surface area contributed by atoms with Crippen molar-refractivity contribution in [3.05, 3.63) is 46.8 Å². The van der Waals surface area contributed by atoms with E-state index in [1.54, 1.807) is 6.07 Å². The molecule has 3 heterocycles. The summed E-state index contributed by atoms with van der Waals surface area (Å²) in [5, 5.41) is 7.03. The van der Waals surface area contributed by atoms with Gasteiger partial charge in [0.15, 0.2) is 0 Å². The second kappa shape index (κ2) is 7.20. The lowest BCUT2D eigenvalue weighted by Gasteiger charge is -2.27. The first-order valence-corrected chi connectivity index (χ1v) is 9.50. The molecule has 0 unspecified atom stereocenters. The van der Waals surface area contributed by atoms with Gasteiger partial charge in [0.25, 0.3) is 5.56 Å². The summed E-state index contributed by atoms with van der Waals surface area (Å²) >= 11 is 1.90. The monoisotopic (exact) mass is 370 g/mol. The Morgan fingerprint density at radius 1 is 1.19 bits per heavy atom. The molecule has 26 heavy (non-hydrogen) atoms. The highest BCUT2D eigenvalue weighted by Crippen LogP contribution is 2.16. The van der Waals surface area contributed by atoms with E-state index in [0.717, 1.165) is 41.4 Å². The predicted octanol–water partition coefficient (Wildman–Crippen LogP) is 1.31. The Hall–Kier alpha value is -2.81. The molecule has 0 aliphatic carbocycles. The van der Waals surface area contributed by atoms with Gasteiger partial charge in [0.1, 0.15) is 12.4 Å². The SMILES string of the molecule is O=C(Cn1nc(N2CCSCC2)ccc1=O)Nc1nc2ccccc2[nH]1. The van der Waals surface area contributed by atoms with Crippen LogP contribution in [0.15, 0.2) is 41.2 Å². The molecule has 9 heteroatoms. The smallest absolute Gasteiger partial charge is 0.267 e. The van der Waals surface area contributed by atoms with E-state index in [4.69, 9.17) is 0 Å². The zero-order valence-electron chi connectivity index (χ0n) is 14.0. The second-order valence-corrected chi connectivity index (χ2v) is 7.16. The lowest BCUT2D eigenvalue weighted by atomic mass is 10.3. The van der Waals surface area contributed by atoms with Gasteiger partial charge in [-0.25, -0.2) is 9.67 Å². The van der Waals surface area contributed by atoms with Crippen molar-refractivity contribution >= 4 is 40.5 Å². The molecule has 1 fully saturated rings. The first-order chi connectivity index (χ1) is 12.7. The number of hydrogen-bond donors (Lipinski definition) is 2. The van der Waals surface area contributed by atoms with E-state index in [9.17, 15) is 9.59 Å². The van der Waals surface area contributed by atoms with Crippen molar-refractivity contribution in [2.75, 3.05) is 34.8 Å². The molecule has 8 nitrogen and oxygen atoms in total. The Labute approximate surface area is 153 Å². The van der Waals surface area contributed by atoms with Gasteiger partial charge in [0, 0.05) is 30.7 Å². The van der Waals surface area contributed by atoms with Crippen molar-refractivity contribution in [3.63, 3.8) is 0 Å². The van der Waals surface area contributed by atoms with Gasteiger partial charge < -0.3 is 9.88 Å². The molecule has 4 rings (SSSR count). The fourth-order valence-electron chi connectivity index (χ4n) is 2.83. The van der Waals surface area contributed by atoms with Crippen molar-refractivity contribution < 1.29 is 4.79 Å². The predicted molar refractivity (Wildman–Crippen MR) is 103 cm³/mol. The van der Waals surface area contributed by atoms with E-state index in [2.05, 4.69) is 25.3 Å². The molecule has 2 N–H and O–H groups in total. The van der Waals surface area contributed by atoms with Crippen molar-refractivity contribution in [3.8, 4) is 0 Å². The van der Waals surface area contributed by atoms with Crippen LogP contribution in [0.5, 0.6) is 0 Å². The Balaban J connectivity index is 1.48. The van der Waals surface area contributed by atoms with Gasteiger partial charge in [0.2, 0.25) is 11.9 Å². The minimum atomic E-state index is -0.356. The number of carbonyl (C=O) groups excluding carboxylic acids is 1.